The summed E-state index contributed by atoms with van der Waals surface area (Å²) in [7, 11) is -1.81. The molecule has 8 heteroatoms. The minimum atomic E-state index is -3.76. The van der Waals surface area contributed by atoms with Gasteiger partial charge in [-0.3, -0.25) is 4.79 Å². The van der Waals surface area contributed by atoms with Crippen molar-refractivity contribution in [3.05, 3.63) is 58.6 Å². The lowest BCUT2D eigenvalue weighted by molar-refractivity contribution is 0.102. The number of anilines is 1. The maximum absolute atomic E-state index is 13.0. The topological polar surface area (TPSA) is 69.7 Å². The number of hydrogen-bond acceptors (Lipinski definition) is 4. The summed E-state index contributed by atoms with van der Waals surface area (Å²) in [6, 6.07) is 11.7. The van der Waals surface area contributed by atoms with E-state index in [1.807, 2.05) is 32.2 Å². The zero-order valence-electron chi connectivity index (χ0n) is 15.3. The van der Waals surface area contributed by atoms with Gasteiger partial charge in [0.05, 0.1) is 5.02 Å². The molecule has 1 aliphatic rings. The van der Waals surface area contributed by atoms with Gasteiger partial charge < -0.3 is 10.2 Å². The van der Waals surface area contributed by atoms with Crippen molar-refractivity contribution in [2.45, 2.75) is 11.8 Å². The third-order valence-electron chi connectivity index (χ3n) is 4.55. The standard InChI is InChI=1S/C19H22ClN3O3S/c1-14-4-3-5-16(12-14)21-19(24)15-6-7-17(20)18(13-15)27(25,26)23-10-8-22(2)9-11-23/h3-7,12-13H,8-11H2,1-2H3,(H,21,24). The first kappa shape index (κ1) is 19.8. The van der Waals surface area contributed by atoms with Crippen LogP contribution in [0, 0.1) is 6.92 Å². The van der Waals surface area contributed by atoms with Crippen molar-refractivity contribution >= 4 is 33.2 Å². The first-order valence-corrected chi connectivity index (χ1v) is 10.5. The van der Waals surface area contributed by atoms with Gasteiger partial charge in [0.25, 0.3) is 5.91 Å². The molecule has 0 saturated carbocycles. The van der Waals surface area contributed by atoms with Crippen LogP contribution in [0.4, 0.5) is 5.69 Å². The van der Waals surface area contributed by atoms with Crippen LogP contribution in [0.2, 0.25) is 5.02 Å². The minimum Gasteiger partial charge on any atom is -0.322 e. The van der Waals surface area contributed by atoms with Crippen molar-refractivity contribution in [1.82, 2.24) is 9.21 Å². The van der Waals surface area contributed by atoms with Gasteiger partial charge in [0.2, 0.25) is 10.0 Å². The highest BCUT2D eigenvalue weighted by molar-refractivity contribution is 7.89. The summed E-state index contributed by atoms with van der Waals surface area (Å²) in [4.78, 5) is 14.6. The largest absolute Gasteiger partial charge is 0.322 e. The number of halogens is 1. The molecule has 1 heterocycles. The number of piperazine rings is 1. The average molecular weight is 408 g/mol. The molecule has 2 aromatic carbocycles. The molecule has 0 aliphatic carbocycles. The van der Waals surface area contributed by atoms with E-state index in [4.69, 9.17) is 11.6 Å². The molecule has 1 N–H and O–H groups in total. The van der Waals surface area contributed by atoms with E-state index in [0.29, 0.717) is 31.9 Å². The van der Waals surface area contributed by atoms with E-state index in [1.54, 1.807) is 6.07 Å². The van der Waals surface area contributed by atoms with Gasteiger partial charge in [-0.1, -0.05) is 23.7 Å². The highest BCUT2D eigenvalue weighted by Gasteiger charge is 2.30. The fraction of sp³-hybridized carbons (Fsp3) is 0.316. The maximum atomic E-state index is 13.0. The van der Waals surface area contributed by atoms with Gasteiger partial charge in [0.1, 0.15) is 4.90 Å². The molecule has 0 radical (unpaired) electrons. The predicted octanol–water partition coefficient (Wildman–Crippen LogP) is 2.84. The van der Waals surface area contributed by atoms with E-state index in [1.165, 1.54) is 22.5 Å². The molecule has 27 heavy (non-hydrogen) atoms. The predicted molar refractivity (Wildman–Crippen MR) is 107 cm³/mol. The highest BCUT2D eigenvalue weighted by Crippen LogP contribution is 2.27. The fourth-order valence-corrected chi connectivity index (χ4v) is 4.86. The van der Waals surface area contributed by atoms with Crippen LogP contribution in [0.25, 0.3) is 0 Å². The summed E-state index contributed by atoms with van der Waals surface area (Å²) in [6.07, 6.45) is 0. The summed E-state index contributed by atoms with van der Waals surface area (Å²) >= 11 is 6.17. The number of benzene rings is 2. The summed E-state index contributed by atoms with van der Waals surface area (Å²) in [5.41, 5.74) is 1.91. The smallest absolute Gasteiger partial charge is 0.255 e. The second-order valence-electron chi connectivity index (χ2n) is 6.68. The molecule has 2 aromatic rings. The lowest BCUT2D eigenvalue weighted by Gasteiger charge is -2.31. The van der Waals surface area contributed by atoms with Gasteiger partial charge in [-0.15, -0.1) is 0 Å². The Morgan fingerprint density at radius 1 is 1.07 bits per heavy atom. The lowest BCUT2D eigenvalue weighted by Crippen LogP contribution is -2.47. The molecule has 1 aliphatic heterocycles. The number of carbonyl (C=O) groups is 1. The Kier molecular flexibility index (Phi) is 5.86. The average Bonchev–Trinajstić information content (AvgIpc) is 2.62. The van der Waals surface area contributed by atoms with Crippen molar-refractivity contribution in [2.75, 3.05) is 38.5 Å². The SMILES string of the molecule is Cc1cccc(NC(=O)c2ccc(Cl)c(S(=O)(=O)N3CCN(C)CC3)c2)c1. The Morgan fingerprint density at radius 3 is 2.44 bits per heavy atom. The Hall–Kier alpha value is -1.93. The van der Waals surface area contributed by atoms with Gasteiger partial charge in [-0.25, -0.2) is 8.42 Å². The van der Waals surface area contributed by atoms with Crippen LogP contribution >= 0.6 is 11.6 Å². The molecule has 0 spiro atoms. The Bertz CT molecular complexity index is 954. The van der Waals surface area contributed by atoms with E-state index in [0.717, 1.165) is 5.56 Å². The van der Waals surface area contributed by atoms with Gasteiger partial charge in [0, 0.05) is 37.4 Å². The normalized spacial score (nSPS) is 16.3. The van der Waals surface area contributed by atoms with Crippen molar-refractivity contribution in [2.24, 2.45) is 0 Å². The van der Waals surface area contributed by atoms with Crippen molar-refractivity contribution in [3.8, 4) is 0 Å². The molecular weight excluding hydrogens is 386 g/mol. The number of nitrogens with one attached hydrogen (secondary N) is 1. The quantitative estimate of drug-likeness (QED) is 0.846. The molecule has 0 aromatic heterocycles. The van der Waals surface area contributed by atoms with E-state index in [2.05, 4.69) is 10.2 Å². The van der Waals surface area contributed by atoms with Crippen LogP contribution < -0.4 is 5.32 Å². The van der Waals surface area contributed by atoms with Crippen LogP contribution in [-0.2, 0) is 10.0 Å². The number of hydrogen-bond donors (Lipinski definition) is 1. The van der Waals surface area contributed by atoms with Crippen LogP contribution in [0.15, 0.2) is 47.4 Å². The Morgan fingerprint density at radius 2 is 1.78 bits per heavy atom. The van der Waals surface area contributed by atoms with Crippen molar-refractivity contribution in [3.63, 3.8) is 0 Å². The molecule has 0 unspecified atom stereocenters. The second kappa shape index (κ2) is 7.98. The van der Waals surface area contributed by atoms with Gasteiger partial charge in [-0.05, 0) is 49.9 Å². The van der Waals surface area contributed by atoms with Crippen LogP contribution in [0.3, 0.4) is 0 Å². The number of aryl methyl sites for hydroxylation is 1. The first-order valence-electron chi connectivity index (χ1n) is 8.63. The molecular formula is C19H22ClN3O3S. The summed E-state index contributed by atoms with van der Waals surface area (Å²) in [5, 5.41) is 2.90. The number of likely N-dealkylation sites (N-methyl/N-ethyl adjacent to an activating group) is 1. The monoisotopic (exact) mass is 407 g/mol. The summed E-state index contributed by atoms with van der Waals surface area (Å²) in [6.45, 7) is 4.04. The van der Waals surface area contributed by atoms with E-state index in [-0.39, 0.29) is 21.4 Å². The number of carbonyl (C=O) groups excluding carboxylic acids is 1. The molecule has 0 atom stereocenters. The van der Waals surface area contributed by atoms with E-state index in [9.17, 15) is 13.2 Å². The number of nitrogens with zero attached hydrogens (tertiary/aromatic N) is 2. The molecule has 3 rings (SSSR count). The van der Waals surface area contributed by atoms with Gasteiger partial charge >= 0.3 is 0 Å². The molecule has 6 nitrogen and oxygen atoms in total. The first-order chi connectivity index (χ1) is 12.8. The van der Waals surface area contributed by atoms with E-state index < -0.39 is 10.0 Å². The zero-order valence-corrected chi connectivity index (χ0v) is 16.8. The number of amides is 1. The third kappa shape index (κ3) is 4.50. The Labute approximate surface area is 164 Å². The van der Waals surface area contributed by atoms with Crippen LogP contribution in [0.1, 0.15) is 15.9 Å². The molecule has 1 saturated heterocycles. The summed E-state index contributed by atoms with van der Waals surface area (Å²) in [5.74, 6) is -0.382. The minimum absolute atomic E-state index is 0.0365. The van der Waals surface area contributed by atoms with Crippen molar-refractivity contribution in [1.29, 1.82) is 0 Å². The molecule has 144 valence electrons. The second-order valence-corrected chi connectivity index (χ2v) is 8.99. The van der Waals surface area contributed by atoms with Crippen LogP contribution in [-0.4, -0.2) is 56.8 Å². The third-order valence-corrected chi connectivity index (χ3v) is 6.93. The Balaban J connectivity index is 1.86. The highest BCUT2D eigenvalue weighted by atomic mass is 35.5. The zero-order chi connectivity index (χ0) is 19.6. The fourth-order valence-electron chi connectivity index (χ4n) is 2.94. The molecule has 1 amide bonds. The van der Waals surface area contributed by atoms with Gasteiger partial charge in [-0.2, -0.15) is 4.31 Å². The van der Waals surface area contributed by atoms with E-state index >= 15 is 0 Å². The van der Waals surface area contributed by atoms with Crippen LogP contribution in [0.5, 0.6) is 0 Å². The lowest BCUT2D eigenvalue weighted by atomic mass is 10.2. The number of rotatable bonds is 4. The van der Waals surface area contributed by atoms with Crippen molar-refractivity contribution < 1.29 is 13.2 Å². The molecule has 0 bridgehead atoms. The number of sulfonamides is 1. The summed E-state index contributed by atoms with van der Waals surface area (Å²) < 4.78 is 27.4. The van der Waals surface area contributed by atoms with Gasteiger partial charge in [0.15, 0.2) is 0 Å². The molecule has 1 fully saturated rings. The maximum Gasteiger partial charge on any atom is 0.255 e.